The molecule has 144 valence electrons. The van der Waals surface area contributed by atoms with E-state index in [1.165, 1.54) is 29.2 Å². The SMILES string of the molecule is CC(C)NC(=O)Nc1ccccc1C(=O)N(C)CCOc1ccc(F)cc1. The van der Waals surface area contributed by atoms with Gasteiger partial charge in [-0.05, 0) is 50.2 Å². The molecule has 2 rings (SSSR count). The second-order valence-corrected chi connectivity index (χ2v) is 6.33. The maximum atomic E-state index is 12.9. The molecule has 0 saturated carbocycles. The highest BCUT2D eigenvalue weighted by Gasteiger charge is 2.17. The highest BCUT2D eigenvalue weighted by atomic mass is 19.1. The van der Waals surface area contributed by atoms with Crippen LogP contribution in [0.3, 0.4) is 0 Å². The van der Waals surface area contributed by atoms with Crippen molar-refractivity contribution in [3.8, 4) is 5.75 Å². The maximum Gasteiger partial charge on any atom is 0.319 e. The lowest BCUT2D eigenvalue weighted by atomic mass is 10.1. The molecule has 2 aromatic rings. The Kier molecular flexibility index (Phi) is 7.16. The summed E-state index contributed by atoms with van der Waals surface area (Å²) in [6.07, 6.45) is 0. The Morgan fingerprint density at radius 3 is 2.44 bits per heavy atom. The first-order valence-corrected chi connectivity index (χ1v) is 8.67. The van der Waals surface area contributed by atoms with Crippen LogP contribution in [-0.2, 0) is 0 Å². The molecular weight excluding hydrogens is 349 g/mol. The Morgan fingerprint density at radius 2 is 1.78 bits per heavy atom. The van der Waals surface area contributed by atoms with Crippen molar-refractivity contribution in [3.05, 3.63) is 59.9 Å². The fraction of sp³-hybridized carbons (Fsp3) is 0.300. The number of likely N-dealkylation sites (N-methyl/N-ethyl adjacent to an activating group) is 1. The normalized spacial score (nSPS) is 10.4. The number of anilines is 1. The van der Waals surface area contributed by atoms with Crippen LogP contribution in [0, 0.1) is 5.82 Å². The van der Waals surface area contributed by atoms with E-state index in [9.17, 15) is 14.0 Å². The van der Waals surface area contributed by atoms with Crippen molar-refractivity contribution < 1.29 is 18.7 Å². The number of carbonyl (C=O) groups excluding carboxylic acids is 2. The second kappa shape index (κ2) is 9.56. The Bertz CT molecular complexity index is 778. The van der Waals surface area contributed by atoms with Crippen LogP contribution in [0.5, 0.6) is 5.75 Å². The van der Waals surface area contributed by atoms with E-state index in [0.717, 1.165) is 0 Å². The number of carbonyl (C=O) groups is 2. The minimum absolute atomic E-state index is 0.0147. The van der Waals surface area contributed by atoms with Gasteiger partial charge in [-0.15, -0.1) is 0 Å². The van der Waals surface area contributed by atoms with Crippen molar-refractivity contribution in [1.82, 2.24) is 10.2 Å². The summed E-state index contributed by atoms with van der Waals surface area (Å²) < 4.78 is 18.4. The van der Waals surface area contributed by atoms with Gasteiger partial charge in [0.25, 0.3) is 5.91 Å². The van der Waals surface area contributed by atoms with E-state index in [1.54, 1.807) is 31.3 Å². The molecule has 0 heterocycles. The van der Waals surface area contributed by atoms with Gasteiger partial charge in [0.15, 0.2) is 0 Å². The van der Waals surface area contributed by atoms with Crippen molar-refractivity contribution in [2.45, 2.75) is 19.9 Å². The van der Waals surface area contributed by atoms with E-state index in [-0.39, 0.29) is 30.4 Å². The minimum atomic E-state index is -0.368. The Hall–Kier alpha value is -3.09. The van der Waals surface area contributed by atoms with Crippen molar-refractivity contribution in [1.29, 1.82) is 0 Å². The number of para-hydroxylation sites is 1. The van der Waals surface area contributed by atoms with Crippen molar-refractivity contribution in [3.63, 3.8) is 0 Å². The second-order valence-electron chi connectivity index (χ2n) is 6.33. The fourth-order valence-electron chi connectivity index (χ4n) is 2.34. The molecule has 6 nitrogen and oxygen atoms in total. The summed E-state index contributed by atoms with van der Waals surface area (Å²) in [5, 5.41) is 5.42. The van der Waals surface area contributed by atoms with Crippen LogP contribution in [0.15, 0.2) is 48.5 Å². The van der Waals surface area contributed by atoms with Crippen molar-refractivity contribution in [2.75, 3.05) is 25.5 Å². The zero-order chi connectivity index (χ0) is 19.8. The first kappa shape index (κ1) is 20.2. The molecule has 0 atom stereocenters. The molecular formula is C20H24FN3O3. The van der Waals surface area contributed by atoms with E-state index in [2.05, 4.69) is 10.6 Å². The molecule has 0 unspecified atom stereocenters. The number of nitrogens with one attached hydrogen (secondary N) is 2. The molecule has 0 spiro atoms. The number of benzene rings is 2. The van der Waals surface area contributed by atoms with Crippen LogP contribution >= 0.6 is 0 Å². The molecule has 27 heavy (non-hydrogen) atoms. The van der Waals surface area contributed by atoms with Gasteiger partial charge in [-0.2, -0.15) is 0 Å². The van der Waals surface area contributed by atoms with Gasteiger partial charge < -0.3 is 20.3 Å². The standard InChI is InChI=1S/C20H24FN3O3/c1-14(2)22-20(26)23-18-7-5-4-6-17(18)19(25)24(3)12-13-27-16-10-8-15(21)9-11-16/h4-11,14H,12-13H2,1-3H3,(H2,22,23,26). The first-order valence-electron chi connectivity index (χ1n) is 8.67. The Morgan fingerprint density at radius 1 is 1.11 bits per heavy atom. The van der Waals surface area contributed by atoms with E-state index in [0.29, 0.717) is 23.5 Å². The maximum absolute atomic E-state index is 12.9. The van der Waals surface area contributed by atoms with Gasteiger partial charge in [0.05, 0.1) is 17.8 Å². The summed E-state index contributed by atoms with van der Waals surface area (Å²) >= 11 is 0. The van der Waals surface area contributed by atoms with Crippen LogP contribution in [0.1, 0.15) is 24.2 Å². The summed E-state index contributed by atoms with van der Waals surface area (Å²) in [6, 6.07) is 12.1. The lowest BCUT2D eigenvalue weighted by Crippen LogP contribution is -2.35. The lowest BCUT2D eigenvalue weighted by Gasteiger charge is -2.20. The predicted octanol–water partition coefficient (Wildman–Crippen LogP) is 3.51. The number of hydrogen-bond acceptors (Lipinski definition) is 3. The summed E-state index contributed by atoms with van der Waals surface area (Å²) in [4.78, 5) is 26.1. The third kappa shape index (κ3) is 6.29. The molecule has 7 heteroatoms. The molecule has 0 aliphatic carbocycles. The molecule has 3 amide bonds. The molecule has 0 aromatic heterocycles. The fourth-order valence-corrected chi connectivity index (χ4v) is 2.34. The number of urea groups is 1. The van der Waals surface area contributed by atoms with Gasteiger partial charge >= 0.3 is 6.03 Å². The number of amides is 3. The summed E-state index contributed by atoms with van der Waals surface area (Å²) in [7, 11) is 1.65. The number of hydrogen-bond donors (Lipinski definition) is 2. The van der Waals surface area contributed by atoms with Crippen LogP contribution in [0.2, 0.25) is 0 Å². The zero-order valence-corrected chi connectivity index (χ0v) is 15.7. The van der Waals surface area contributed by atoms with Crippen LogP contribution in [-0.4, -0.2) is 43.1 Å². The van der Waals surface area contributed by atoms with Crippen molar-refractivity contribution in [2.24, 2.45) is 0 Å². The summed E-state index contributed by atoms with van der Waals surface area (Å²) in [5.74, 6) is -0.0388. The molecule has 2 aromatic carbocycles. The van der Waals surface area contributed by atoms with Crippen LogP contribution in [0.4, 0.5) is 14.9 Å². The molecule has 0 saturated heterocycles. The number of nitrogens with zero attached hydrogens (tertiary/aromatic N) is 1. The van der Waals surface area contributed by atoms with Gasteiger partial charge in [0.1, 0.15) is 18.2 Å². The van der Waals surface area contributed by atoms with Gasteiger partial charge in [-0.3, -0.25) is 4.79 Å². The van der Waals surface area contributed by atoms with Crippen LogP contribution in [0.25, 0.3) is 0 Å². The first-order chi connectivity index (χ1) is 12.9. The lowest BCUT2D eigenvalue weighted by molar-refractivity contribution is 0.0775. The third-order valence-corrected chi connectivity index (χ3v) is 3.68. The highest BCUT2D eigenvalue weighted by molar-refractivity contribution is 6.03. The van der Waals surface area contributed by atoms with Crippen molar-refractivity contribution >= 4 is 17.6 Å². The van der Waals surface area contributed by atoms with Gasteiger partial charge in [-0.1, -0.05) is 12.1 Å². The monoisotopic (exact) mass is 373 g/mol. The molecule has 2 N–H and O–H groups in total. The average molecular weight is 373 g/mol. The predicted molar refractivity (Wildman–Crippen MR) is 103 cm³/mol. The van der Waals surface area contributed by atoms with E-state index in [4.69, 9.17) is 4.74 Å². The van der Waals surface area contributed by atoms with Crippen LogP contribution < -0.4 is 15.4 Å². The third-order valence-electron chi connectivity index (χ3n) is 3.68. The quantitative estimate of drug-likeness (QED) is 0.780. The summed E-state index contributed by atoms with van der Waals surface area (Å²) in [5.41, 5.74) is 0.827. The number of ether oxygens (including phenoxy) is 1. The van der Waals surface area contributed by atoms with Gasteiger partial charge in [0, 0.05) is 13.1 Å². The van der Waals surface area contributed by atoms with Gasteiger partial charge in [-0.25, -0.2) is 9.18 Å². The highest BCUT2D eigenvalue weighted by Crippen LogP contribution is 2.17. The van der Waals surface area contributed by atoms with E-state index < -0.39 is 0 Å². The smallest absolute Gasteiger partial charge is 0.319 e. The van der Waals surface area contributed by atoms with E-state index >= 15 is 0 Å². The topological polar surface area (TPSA) is 70.7 Å². The average Bonchev–Trinajstić information content (AvgIpc) is 2.62. The zero-order valence-electron chi connectivity index (χ0n) is 15.7. The molecule has 0 aliphatic heterocycles. The molecule has 0 bridgehead atoms. The van der Waals surface area contributed by atoms with Gasteiger partial charge in [0.2, 0.25) is 0 Å². The van der Waals surface area contributed by atoms with E-state index in [1.807, 2.05) is 13.8 Å². The number of halogens is 1. The molecule has 0 fully saturated rings. The Balaban J connectivity index is 1.95. The molecule has 0 radical (unpaired) electrons. The Labute approximate surface area is 158 Å². The molecule has 0 aliphatic rings. The largest absolute Gasteiger partial charge is 0.492 e. The minimum Gasteiger partial charge on any atom is -0.492 e. The summed E-state index contributed by atoms with van der Waals surface area (Å²) in [6.45, 7) is 4.30. The number of rotatable bonds is 7.